The molecule has 3 aromatic rings. The Labute approximate surface area is 151 Å². The zero-order chi connectivity index (χ0) is 18.7. The van der Waals surface area contributed by atoms with Crippen molar-refractivity contribution in [3.05, 3.63) is 54.1 Å². The number of anilines is 2. The quantitative estimate of drug-likeness (QED) is 0.607. The number of rotatable bonds is 5. The van der Waals surface area contributed by atoms with Crippen molar-refractivity contribution in [1.82, 2.24) is 19.6 Å². The van der Waals surface area contributed by atoms with Crippen LogP contribution in [0.5, 0.6) is 0 Å². The molecule has 0 fully saturated rings. The number of hydrogen-bond donors (Lipinski definition) is 3. The van der Waals surface area contributed by atoms with E-state index >= 15 is 0 Å². The maximum absolute atomic E-state index is 10.0. The third kappa shape index (κ3) is 3.55. The molecule has 8 heteroatoms. The van der Waals surface area contributed by atoms with Crippen LogP contribution in [0.2, 0.25) is 0 Å². The first-order valence-corrected chi connectivity index (χ1v) is 8.08. The van der Waals surface area contributed by atoms with Crippen molar-refractivity contribution < 1.29 is 5.11 Å². The van der Waals surface area contributed by atoms with Crippen molar-refractivity contribution in [3.63, 3.8) is 0 Å². The first-order chi connectivity index (χ1) is 12.4. The zero-order valence-corrected chi connectivity index (χ0v) is 14.9. The standard InChI is InChI=1S/C18H21N7O/c1-18(2,26)13-4-6-14(7-5-13)22-17-23-16-15(12(10-19)11-20-3)21-8-9-25(16)24-17/h4-11,26H,19H2,1-3H3,(H,22,24)/b12-10+,20-11?. The molecular formula is C18H21N7O. The van der Waals surface area contributed by atoms with Crippen LogP contribution in [-0.2, 0) is 5.60 Å². The van der Waals surface area contributed by atoms with Crippen LogP contribution >= 0.6 is 0 Å². The van der Waals surface area contributed by atoms with Crippen LogP contribution in [0, 0.1) is 0 Å². The molecule has 4 N–H and O–H groups in total. The van der Waals surface area contributed by atoms with Crippen LogP contribution in [0.1, 0.15) is 25.1 Å². The molecule has 0 spiro atoms. The van der Waals surface area contributed by atoms with Crippen LogP contribution in [-0.4, -0.2) is 38.0 Å². The van der Waals surface area contributed by atoms with Gasteiger partial charge in [-0.05, 0) is 31.5 Å². The lowest BCUT2D eigenvalue weighted by Gasteiger charge is -2.17. The lowest BCUT2D eigenvalue weighted by Crippen LogP contribution is -2.15. The summed E-state index contributed by atoms with van der Waals surface area (Å²) >= 11 is 0. The van der Waals surface area contributed by atoms with Crippen LogP contribution < -0.4 is 11.1 Å². The van der Waals surface area contributed by atoms with Crippen molar-refractivity contribution >= 4 is 29.1 Å². The van der Waals surface area contributed by atoms with Gasteiger partial charge in [0.2, 0.25) is 5.95 Å². The maximum atomic E-state index is 10.0. The topological polar surface area (TPSA) is 114 Å². The Bertz CT molecular complexity index is 965. The van der Waals surface area contributed by atoms with Gasteiger partial charge < -0.3 is 16.2 Å². The van der Waals surface area contributed by atoms with E-state index in [4.69, 9.17) is 5.73 Å². The molecule has 2 heterocycles. The van der Waals surface area contributed by atoms with Crippen LogP contribution in [0.4, 0.5) is 11.6 Å². The molecule has 0 saturated heterocycles. The number of aliphatic imine (C=N–C) groups is 1. The molecule has 0 aliphatic heterocycles. The van der Waals surface area contributed by atoms with E-state index in [0.717, 1.165) is 11.3 Å². The Hall–Kier alpha value is -3.26. The Kier molecular flexibility index (Phi) is 4.68. The van der Waals surface area contributed by atoms with Gasteiger partial charge >= 0.3 is 0 Å². The summed E-state index contributed by atoms with van der Waals surface area (Å²) in [4.78, 5) is 12.8. The predicted octanol–water partition coefficient (Wildman–Crippen LogP) is 2.10. The summed E-state index contributed by atoms with van der Waals surface area (Å²) in [6.07, 6.45) is 6.41. The number of aromatic nitrogens is 4. The van der Waals surface area contributed by atoms with Gasteiger partial charge in [0.25, 0.3) is 0 Å². The Morgan fingerprint density at radius 2 is 2.04 bits per heavy atom. The van der Waals surface area contributed by atoms with Gasteiger partial charge in [-0.3, -0.25) is 9.98 Å². The minimum Gasteiger partial charge on any atom is -0.404 e. The molecule has 0 unspecified atom stereocenters. The van der Waals surface area contributed by atoms with E-state index in [2.05, 4.69) is 25.4 Å². The van der Waals surface area contributed by atoms with E-state index in [1.165, 1.54) is 6.20 Å². The number of fused-ring (bicyclic) bond motifs is 1. The van der Waals surface area contributed by atoms with Crippen LogP contribution in [0.3, 0.4) is 0 Å². The summed E-state index contributed by atoms with van der Waals surface area (Å²) in [5.74, 6) is 0.431. The number of nitrogens with one attached hydrogen (secondary N) is 1. The summed E-state index contributed by atoms with van der Waals surface area (Å²) in [6.45, 7) is 3.49. The Morgan fingerprint density at radius 1 is 1.31 bits per heavy atom. The highest BCUT2D eigenvalue weighted by atomic mass is 16.3. The Balaban J connectivity index is 1.93. The third-order valence-electron chi connectivity index (χ3n) is 3.82. The highest BCUT2D eigenvalue weighted by Gasteiger charge is 2.16. The van der Waals surface area contributed by atoms with Crippen molar-refractivity contribution in [2.75, 3.05) is 12.4 Å². The molecule has 134 valence electrons. The van der Waals surface area contributed by atoms with Gasteiger partial charge in [-0.25, -0.2) is 4.52 Å². The highest BCUT2D eigenvalue weighted by molar-refractivity contribution is 6.10. The minimum atomic E-state index is -0.883. The van der Waals surface area contributed by atoms with E-state index < -0.39 is 5.60 Å². The molecule has 0 bridgehead atoms. The molecular weight excluding hydrogens is 330 g/mol. The first kappa shape index (κ1) is 17.6. The summed E-state index contributed by atoms with van der Waals surface area (Å²) < 4.78 is 1.63. The van der Waals surface area contributed by atoms with E-state index in [9.17, 15) is 5.11 Å². The molecule has 0 saturated carbocycles. The van der Waals surface area contributed by atoms with Crippen molar-refractivity contribution in [1.29, 1.82) is 0 Å². The van der Waals surface area contributed by atoms with Gasteiger partial charge in [0, 0.05) is 43.1 Å². The largest absolute Gasteiger partial charge is 0.404 e. The number of benzene rings is 1. The number of nitrogens with zero attached hydrogens (tertiary/aromatic N) is 5. The zero-order valence-electron chi connectivity index (χ0n) is 14.9. The van der Waals surface area contributed by atoms with Gasteiger partial charge in [-0.1, -0.05) is 12.1 Å². The number of aliphatic hydroxyl groups is 1. The number of allylic oxidation sites excluding steroid dienone is 1. The molecule has 0 amide bonds. The fraction of sp³-hybridized carbons (Fsp3) is 0.222. The second-order valence-corrected chi connectivity index (χ2v) is 6.25. The second-order valence-electron chi connectivity index (χ2n) is 6.25. The number of hydrogen-bond acceptors (Lipinski definition) is 7. The molecule has 8 nitrogen and oxygen atoms in total. The highest BCUT2D eigenvalue weighted by Crippen LogP contribution is 2.23. The average molecular weight is 351 g/mol. The smallest absolute Gasteiger partial charge is 0.247 e. The first-order valence-electron chi connectivity index (χ1n) is 8.08. The lowest BCUT2D eigenvalue weighted by atomic mass is 9.98. The van der Waals surface area contributed by atoms with Gasteiger partial charge in [0.15, 0.2) is 5.65 Å². The molecule has 3 rings (SSSR count). The van der Waals surface area contributed by atoms with E-state index in [0.29, 0.717) is 22.9 Å². The normalized spacial score (nSPS) is 12.8. The number of nitrogens with two attached hydrogens (primary N) is 1. The van der Waals surface area contributed by atoms with Crippen molar-refractivity contribution in [2.24, 2.45) is 10.7 Å². The predicted molar refractivity (Wildman–Crippen MR) is 102 cm³/mol. The van der Waals surface area contributed by atoms with Gasteiger partial charge in [-0.2, -0.15) is 4.98 Å². The minimum absolute atomic E-state index is 0.431. The lowest BCUT2D eigenvalue weighted by molar-refractivity contribution is 0.0786. The fourth-order valence-corrected chi connectivity index (χ4v) is 2.49. The summed E-state index contributed by atoms with van der Waals surface area (Å²) in [7, 11) is 1.66. The third-order valence-corrected chi connectivity index (χ3v) is 3.82. The molecule has 0 aliphatic carbocycles. The molecule has 0 atom stereocenters. The summed E-state index contributed by atoms with van der Waals surface area (Å²) in [5, 5.41) is 17.6. The molecule has 0 aliphatic rings. The maximum Gasteiger partial charge on any atom is 0.247 e. The summed E-state index contributed by atoms with van der Waals surface area (Å²) in [5.41, 5.74) is 8.26. The van der Waals surface area contributed by atoms with E-state index in [1.54, 1.807) is 44.0 Å². The molecule has 1 aromatic carbocycles. The van der Waals surface area contributed by atoms with E-state index in [1.807, 2.05) is 24.3 Å². The van der Waals surface area contributed by atoms with Gasteiger partial charge in [-0.15, -0.1) is 5.10 Å². The Morgan fingerprint density at radius 3 is 2.65 bits per heavy atom. The average Bonchev–Trinajstić information content (AvgIpc) is 3.02. The van der Waals surface area contributed by atoms with Crippen molar-refractivity contribution in [3.8, 4) is 0 Å². The van der Waals surface area contributed by atoms with Crippen LogP contribution in [0.25, 0.3) is 11.2 Å². The van der Waals surface area contributed by atoms with Gasteiger partial charge in [0.05, 0.1) is 5.60 Å². The van der Waals surface area contributed by atoms with Gasteiger partial charge in [0.1, 0.15) is 5.69 Å². The SMILES string of the molecule is CN=C/C(=C\N)c1nccn2nc(Nc3ccc(C(C)(C)O)cc3)nc12. The second kappa shape index (κ2) is 6.93. The monoisotopic (exact) mass is 351 g/mol. The molecule has 26 heavy (non-hydrogen) atoms. The summed E-state index contributed by atoms with van der Waals surface area (Å²) in [6, 6.07) is 7.45. The van der Waals surface area contributed by atoms with Crippen molar-refractivity contribution in [2.45, 2.75) is 19.4 Å². The van der Waals surface area contributed by atoms with E-state index in [-0.39, 0.29) is 0 Å². The van der Waals surface area contributed by atoms with Crippen LogP contribution in [0.15, 0.2) is 47.9 Å². The fourth-order valence-electron chi connectivity index (χ4n) is 2.49. The molecule has 2 aromatic heterocycles. The molecule has 0 radical (unpaired) electrons.